The van der Waals surface area contributed by atoms with Gasteiger partial charge in [-0.3, -0.25) is 14.9 Å². The zero-order chi connectivity index (χ0) is 17.5. The first-order chi connectivity index (χ1) is 10.8. The van der Waals surface area contributed by atoms with E-state index in [0.717, 1.165) is 12.3 Å². The molecule has 10 heteroatoms. The Morgan fingerprint density at radius 3 is 2.61 bits per heavy atom. The Bertz CT molecular complexity index is 675. The van der Waals surface area contributed by atoms with E-state index in [9.17, 15) is 23.3 Å². The van der Waals surface area contributed by atoms with Gasteiger partial charge < -0.3 is 16.4 Å². The van der Waals surface area contributed by atoms with Gasteiger partial charge in [0.15, 0.2) is 9.84 Å². The molecule has 0 saturated heterocycles. The summed E-state index contributed by atoms with van der Waals surface area (Å²) in [5.41, 5.74) is 5.16. The Kier molecular flexibility index (Phi) is 6.91. The van der Waals surface area contributed by atoms with Crippen molar-refractivity contribution in [3.05, 3.63) is 28.3 Å². The lowest BCUT2D eigenvalue weighted by atomic mass is 10.2. The number of nitro benzene ring substituents is 1. The molecule has 0 fully saturated rings. The first-order valence-electron chi connectivity index (χ1n) is 6.95. The zero-order valence-electron chi connectivity index (χ0n) is 12.7. The lowest BCUT2D eigenvalue weighted by Gasteiger charge is -2.09. The fraction of sp³-hybridized carbons (Fsp3) is 0.462. The molecule has 0 atom stereocenters. The highest BCUT2D eigenvalue weighted by Crippen LogP contribution is 2.27. The third-order valence-corrected chi connectivity index (χ3v) is 4.07. The van der Waals surface area contributed by atoms with Crippen molar-refractivity contribution in [3.63, 3.8) is 0 Å². The molecule has 0 aliphatic carbocycles. The summed E-state index contributed by atoms with van der Waals surface area (Å²) in [7, 11) is -3.52. The molecule has 0 aliphatic rings. The molecule has 23 heavy (non-hydrogen) atoms. The van der Waals surface area contributed by atoms with Crippen molar-refractivity contribution in [1.82, 2.24) is 5.32 Å². The molecular weight excluding hydrogens is 324 g/mol. The first kappa shape index (κ1) is 18.8. The standard InChI is InChI=1S/C13H20N4O5S/c1-23(21,22)10-4-5-11(12(9-10)17(19)20)15-7-8-16-13(18)3-2-6-14/h4-5,9,15H,2-3,6-8,14H2,1H3,(H,16,18). The number of nitro groups is 1. The molecule has 0 radical (unpaired) electrons. The van der Waals surface area contributed by atoms with Gasteiger partial charge in [-0.25, -0.2) is 8.42 Å². The lowest BCUT2D eigenvalue weighted by Crippen LogP contribution is -2.29. The Hall–Kier alpha value is -2.20. The number of nitrogens with two attached hydrogens (primary N) is 1. The SMILES string of the molecule is CS(=O)(=O)c1ccc(NCCNC(=O)CCCN)c([N+](=O)[O-])c1. The van der Waals surface area contributed by atoms with Crippen LogP contribution in [0.5, 0.6) is 0 Å². The topological polar surface area (TPSA) is 144 Å². The Morgan fingerprint density at radius 2 is 2.04 bits per heavy atom. The van der Waals surface area contributed by atoms with Crippen molar-refractivity contribution in [2.24, 2.45) is 5.73 Å². The summed E-state index contributed by atoms with van der Waals surface area (Å²) < 4.78 is 22.9. The van der Waals surface area contributed by atoms with E-state index in [0.29, 0.717) is 19.4 Å². The van der Waals surface area contributed by atoms with E-state index in [1.54, 1.807) is 0 Å². The van der Waals surface area contributed by atoms with Gasteiger partial charge in [0.2, 0.25) is 5.91 Å². The molecule has 1 amide bonds. The molecule has 9 nitrogen and oxygen atoms in total. The molecule has 0 heterocycles. The molecule has 0 spiro atoms. The Labute approximate surface area is 134 Å². The van der Waals surface area contributed by atoms with Crippen LogP contribution in [0, 0.1) is 10.1 Å². The minimum Gasteiger partial charge on any atom is -0.378 e. The van der Waals surface area contributed by atoms with Crippen LogP contribution in [0.4, 0.5) is 11.4 Å². The zero-order valence-corrected chi connectivity index (χ0v) is 13.6. The highest BCUT2D eigenvalue weighted by atomic mass is 32.2. The van der Waals surface area contributed by atoms with Gasteiger partial charge in [0.1, 0.15) is 5.69 Å². The van der Waals surface area contributed by atoms with Gasteiger partial charge >= 0.3 is 0 Å². The molecule has 0 aromatic heterocycles. The maximum Gasteiger partial charge on any atom is 0.293 e. The smallest absolute Gasteiger partial charge is 0.293 e. The van der Waals surface area contributed by atoms with E-state index in [-0.39, 0.29) is 35.3 Å². The molecule has 0 aliphatic heterocycles. The summed E-state index contributed by atoms with van der Waals surface area (Å²) in [5, 5.41) is 16.5. The van der Waals surface area contributed by atoms with Gasteiger partial charge in [-0.1, -0.05) is 0 Å². The minimum atomic E-state index is -3.52. The van der Waals surface area contributed by atoms with Crippen LogP contribution in [0.15, 0.2) is 23.1 Å². The second-order valence-electron chi connectivity index (χ2n) is 4.88. The summed E-state index contributed by atoms with van der Waals surface area (Å²) in [5.74, 6) is -0.140. The molecule has 1 aromatic rings. The number of hydrogen-bond donors (Lipinski definition) is 3. The molecule has 1 aromatic carbocycles. The number of carbonyl (C=O) groups excluding carboxylic acids is 1. The average Bonchev–Trinajstić information content (AvgIpc) is 2.48. The monoisotopic (exact) mass is 344 g/mol. The maximum absolute atomic E-state index is 11.4. The minimum absolute atomic E-state index is 0.121. The van der Waals surface area contributed by atoms with Crippen molar-refractivity contribution in [2.45, 2.75) is 17.7 Å². The van der Waals surface area contributed by atoms with E-state index in [4.69, 9.17) is 5.73 Å². The van der Waals surface area contributed by atoms with Gasteiger partial charge in [0.05, 0.1) is 9.82 Å². The molecule has 0 saturated carbocycles. The van der Waals surface area contributed by atoms with Crippen molar-refractivity contribution < 1.29 is 18.1 Å². The van der Waals surface area contributed by atoms with Crippen molar-refractivity contribution in [2.75, 3.05) is 31.2 Å². The highest BCUT2D eigenvalue weighted by Gasteiger charge is 2.18. The fourth-order valence-electron chi connectivity index (χ4n) is 1.79. The second-order valence-corrected chi connectivity index (χ2v) is 6.89. The Morgan fingerprint density at radius 1 is 1.35 bits per heavy atom. The number of nitrogens with zero attached hydrogens (tertiary/aromatic N) is 1. The molecular formula is C13H20N4O5S. The quantitative estimate of drug-likeness (QED) is 0.331. The van der Waals surface area contributed by atoms with E-state index in [1.807, 2.05) is 0 Å². The second kappa shape index (κ2) is 8.44. The fourth-order valence-corrected chi connectivity index (χ4v) is 2.43. The van der Waals surface area contributed by atoms with Crippen LogP contribution in [-0.4, -0.2) is 45.1 Å². The van der Waals surface area contributed by atoms with Gasteiger partial charge in [-0.15, -0.1) is 0 Å². The highest BCUT2D eigenvalue weighted by molar-refractivity contribution is 7.90. The molecule has 4 N–H and O–H groups in total. The average molecular weight is 344 g/mol. The number of rotatable bonds is 9. The number of amides is 1. The third kappa shape index (κ3) is 6.20. The summed E-state index contributed by atoms with van der Waals surface area (Å²) in [6.45, 7) is 0.992. The summed E-state index contributed by atoms with van der Waals surface area (Å²) in [6, 6.07) is 3.65. The predicted molar refractivity (Wildman–Crippen MR) is 86.0 cm³/mol. The molecule has 1 rings (SSSR count). The van der Waals surface area contributed by atoms with Crippen molar-refractivity contribution in [1.29, 1.82) is 0 Å². The van der Waals surface area contributed by atoms with Crippen LogP contribution in [-0.2, 0) is 14.6 Å². The molecule has 0 bridgehead atoms. The first-order valence-corrected chi connectivity index (χ1v) is 8.84. The van der Waals surface area contributed by atoms with Crippen molar-refractivity contribution in [3.8, 4) is 0 Å². The summed E-state index contributed by atoms with van der Waals surface area (Å²) in [6.07, 6.45) is 1.91. The number of anilines is 1. The van der Waals surface area contributed by atoms with Gasteiger partial charge in [-0.2, -0.15) is 0 Å². The Balaban J connectivity index is 2.67. The largest absolute Gasteiger partial charge is 0.378 e. The number of carbonyl (C=O) groups is 1. The number of nitrogens with one attached hydrogen (secondary N) is 2. The van der Waals surface area contributed by atoms with Crippen LogP contribution < -0.4 is 16.4 Å². The normalized spacial score (nSPS) is 11.0. The summed E-state index contributed by atoms with van der Waals surface area (Å²) in [4.78, 5) is 21.6. The van der Waals surface area contributed by atoms with E-state index < -0.39 is 14.8 Å². The van der Waals surface area contributed by atoms with Crippen LogP contribution in [0.3, 0.4) is 0 Å². The number of hydrogen-bond acceptors (Lipinski definition) is 7. The van der Waals surface area contributed by atoms with Gasteiger partial charge in [0.25, 0.3) is 5.69 Å². The van der Waals surface area contributed by atoms with Gasteiger partial charge in [0, 0.05) is 31.8 Å². The predicted octanol–water partition coefficient (Wildman–Crippen LogP) is 0.265. The van der Waals surface area contributed by atoms with Crippen molar-refractivity contribution >= 4 is 27.1 Å². The van der Waals surface area contributed by atoms with Gasteiger partial charge in [-0.05, 0) is 25.1 Å². The van der Waals surface area contributed by atoms with E-state index in [1.165, 1.54) is 12.1 Å². The van der Waals surface area contributed by atoms with Crippen LogP contribution in [0.1, 0.15) is 12.8 Å². The summed E-state index contributed by atoms with van der Waals surface area (Å²) >= 11 is 0. The number of benzene rings is 1. The molecule has 0 unspecified atom stereocenters. The van der Waals surface area contributed by atoms with E-state index >= 15 is 0 Å². The van der Waals surface area contributed by atoms with Crippen LogP contribution in [0.2, 0.25) is 0 Å². The third-order valence-electron chi connectivity index (χ3n) is 2.96. The lowest BCUT2D eigenvalue weighted by molar-refractivity contribution is -0.384. The van der Waals surface area contributed by atoms with E-state index in [2.05, 4.69) is 10.6 Å². The number of sulfone groups is 1. The van der Waals surface area contributed by atoms with Crippen LogP contribution in [0.25, 0.3) is 0 Å². The maximum atomic E-state index is 11.4. The molecule has 128 valence electrons. The van der Waals surface area contributed by atoms with Crippen LogP contribution >= 0.6 is 0 Å².